The van der Waals surface area contributed by atoms with E-state index in [1.165, 1.54) is 0 Å². The molecule has 6 rings (SSSR count). The van der Waals surface area contributed by atoms with Crippen LogP contribution < -0.4 is 0 Å². The average Bonchev–Trinajstić information content (AvgIpc) is 3.81. The Morgan fingerprint density at radius 1 is 0.667 bits per heavy atom. The normalized spacial score (nSPS) is 40.3. The van der Waals surface area contributed by atoms with Gasteiger partial charge in [-0.2, -0.15) is 0 Å². The van der Waals surface area contributed by atoms with E-state index in [9.17, 15) is 19.2 Å². The zero-order chi connectivity index (χ0) is 41.2. The second-order valence-electron chi connectivity index (χ2n) is 19.8. The van der Waals surface area contributed by atoms with Crippen molar-refractivity contribution < 1.29 is 53.1 Å². The summed E-state index contributed by atoms with van der Waals surface area (Å²) in [6.45, 7) is 16.2. The van der Waals surface area contributed by atoms with Gasteiger partial charge in [0.2, 0.25) is 0 Å². The lowest BCUT2D eigenvalue weighted by Crippen LogP contribution is -2.50. The third-order valence-electron chi connectivity index (χ3n) is 16.7. The summed E-state index contributed by atoms with van der Waals surface area (Å²) in [7, 11) is 0. The molecule has 4 aliphatic carbocycles. The maximum Gasteiger partial charge on any atom is 0.317 e. The van der Waals surface area contributed by atoms with Gasteiger partial charge in [0.05, 0.1) is 13.2 Å². The van der Waals surface area contributed by atoms with Crippen LogP contribution in [-0.2, 0) is 42.9 Å². The highest BCUT2D eigenvalue weighted by atomic mass is 16.8. The first-order valence-electron chi connectivity index (χ1n) is 22.0. The van der Waals surface area contributed by atoms with Gasteiger partial charge in [0.15, 0.2) is 12.6 Å². The van der Waals surface area contributed by atoms with E-state index >= 15 is 0 Å². The minimum atomic E-state index is -1.16. The number of carboxylic acids is 2. The summed E-state index contributed by atoms with van der Waals surface area (Å²) in [5.41, 5.74) is 2.43. The van der Waals surface area contributed by atoms with Gasteiger partial charge in [-0.15, -0.1) is 0 Å². The maximum absolute atomic E-state index is 12.1. The number of esters is 2. The van der Waals surface area contributed by atoms with Gasteiger partial charge in [-0.1, -0.05) is 53.7 Å². The Labute approximate surface area is 340 Å². The van der Waals surface area contributed by atoms with Crippen molar-refractivity contribution in [1.82, 2.24) is 0 Å². The first-order valence-corrected chi connectivity index (χ1v) is 22.0. The van der Waals surface area contributed by atoms with Crippen molar-refractivity contribution in [3.63, 3.8) is 0 Å². The van der Waals surface area contributed by atoms with Gasteiger partial charge in [0.1, 0.15) is 26.1 Å². The van der Waals surface area contributed by atoms with Crippen molar-refractivity contribution >= 4 is 23.9 Å². The lowest BCUT2D eigenvalue weighted by molar-refractivity contribution is -0.213. The first kappa shape index (κ1) is 43.8. The SMILES string of the molecule is C[C@@H]1CC[C@@]2(C)C(COC(=O)CC(=O)O)=CCC[C@@H]2[C@@]1(C)CC[C@H]1CO[C@@H](O[C@H]2C[C@@H](CC[C@@]3(C)[C@H](C)CC[C@@]4(C)C(COC(=O)CC(=O)O)=CCC[C@H]34)CO2)C1. The van der Waals surface area contributed by atoms with Crippen LogP contribution in [-0.4, -0.2) is 73.1 Å². The zero-order valence-electron chi connectivity index (χ0n) is 35.5. The third kappa shape index (κ3) is 9.51. The molecule has 0 aromatic carbocycles. The van der Waals surface area contributed by atoms with Crippen LogP contribution in [0.2, 0.25) is 0 Å². The molecule has 57 heavy (non-hydrogen) atoms. The topological polar surface area (TPSA) is 155 Å². The molecule has 0 spiro atoms. The van der Waals surface area contributed by atoms with Gasteiger partial charge in [0, 0.05) is 12.8 Å². The van der Waals surface area contributed by atoms with Crippen molar-refractivity contribution in [3.05, 3.63) is 23.3 Å². The van der Waals surface area contributed by atoms with Crippen molar-refractivity contribution in [3.8, 4) is 0 Å². The quantitative estimate of drug-likeness (QED) is 0.0874. The Balaban J connectivity index is 0.967. The summed E-state index contributed by atoms with van der Waals surface area (Å²) in [6, 6.07) is 0. The zero-order valence-corrected chi connectivity index (χ0v) is 35.5. The summed E-state index contributed by atoms with van der Waals surface area (Å²) in [4.78, 5) is 46.2. The third-order valence-corrected chi connectivity index (χ3v) is 16.7. The Bertz CT molecular complexity index is 1440. The van der Waals surface area contributed by atoms with Crippen LogP contribution >= 0.6 is 0 Å². The van der Waals surface area contributed by atoms with E-state index in [-0.39, 0.29) is 47.5 Å². The molecule has 2 N–H and O–H groups in total. The van der Waals surface area contributed by atoms with Crippen LogP contribution in [0.5, 0.6) is 0 Å². The highest BCUT2D eigenvalue weighted by Crippen LogP contribution is 2.63. The van der Waals surface area contributed by atoms with Crippen LogP contribution in [0.1, 0.15) is 144 Å². The average molecular weight is 799 g/mol. The number of hydrogen-bond acceptors (Lipinski definition) is 9. The maximum atomic E-state index is 12.1. The second kappa shape index (κ2) is 17.8. The fraction of sp³-hybridized carbons (Fsp3) is 0.826. The highest BCUT2D eigenvalue weighted by Gasteiger charge is 2.55. The molecule has 2 saturated carbocycles. The molecule has 0 aromatic heterocycles. The van der Waals surface area contributed by atoms with E-state index in [0.717, 1.165) is 101 Å². The van der Waals surface area contributed by atoms with Crippen molar-refractivity contribution in [1.29, 1.82) is 0 Å². The van der Waals surface area contributed by atoms with E-state index < -0.39 is 36.7 Å². The van der Waals surface area contributed by atoms with Gasteiger partial charge in [0.25, 0.3) is 0 Å². The fourth-order valence-corrected chi connectivity index (χ4v) is 12.6. The standard InChI is InChI=1S/C46H70O11/c1-29-13-17-45(5)33(27-53-39(51)23-37(47)48)9-7-11-35(45)43(29,3)19-15-31-21-41(55-25-31)57-42-22-32(26-56-42)16-20-44(4)30(2)14-18-46(6)34(10-8-12-36(44)46)28-54-40(52)24-38(49)50/h9-10,29-32,35-36,41-42H,7-8,11-28H2,1-6H3,(H,47,48)(H,49,50)/t29-,30-,31-,32-,35-,36-,41+,42+,43+,44+,45+,46+/m1/s1. The van der Waals surface area contributed by atoms with Crippen molar-refractivity contribution in [2.45, 2.75) is 157 Å². The van der Waals surface area contributed by atoms with Gasteiger partial charge in [-0.25, -0.2) is 0 Å². The van der Waals surface area contributed by atoms with Gasteiger partial charge in [-0.05, 0) is 145 Å². The molecule has 0 radical (unpaired) electrons. The van der Waals surface area contributed by atoms with Crippen LogP contribution in [0.25, 0.3) is 0 Å². The molecule has 320 valence electrons. The highest BCUT2D eigenvalue weighted by molar-refractivity contribution is 5.90. The molecule has 6 aliphatic rings. The number of carboxylic acid groups (broad SMARTS) is 2. The van der Waals surface area contributed by atoms with Crippen LogP contribution in [0.3, 0.4) is 0 Å². The number of carbonyl (C=O) groups excluding carboxylic acids is 2. The number of hydrogen-bond donors (Lipinski definition) is 2. The number of allylic oxidation sites excluding steroid dienone is 2. The van der Waals surface area contributed by atoms with E-state index in [1.807, 2.05) is 0 Å². The molecular weight excluding hydrogens is 728 g/mol. The van der Waals surface area contributed by atoms with Gasteiger partial charge >= 0.3 is 23.9 Å². The molecule has 2 heterocycles. The molecule has 0 aromatic rings. The molecule has 11 nitrogen and oxygen atoms in total. The summed E-state index contributed by atoms with van der Waals surface area (Å²) >= 11 is 0. The molecule has 0 bridgehead atoms. The summed E-state index contributed by atoms with van der Waals surface area (Å²) in [5.74, 6) is -0.763. The Hall–Kier alpha value is -2.76. The van der Waals surface area contributed by atoms with Crippen molar-refractivity contribution in [2.24, 2.45) is 57.2 Å². The smallest absolute Gasteiger partial charge is 0.317 e. The Morgan fingerprint density at radius 3 is 1.46 bits per heavy atom. The number of rotatable bonds is 16. The minimum absolute atomic E-state index is 0.0686. The lowest BCUT2D eigenvalue weighted by Gasteiger charge is -2.58. The fourth-order valence-electron chi connectivity index (χ4n) is 12.6. The first-order chi connectivity index (χ1) is 27.0. The molecular formula is C46H70O11. The second-order valence-corrected chi connectivity index (χ2v) is 19.8. The molecule has 0 amide bonds. The molecule has 2 aliphatic heterocycles. The minimum Gasteiger partial charge on any atom is -0.481 e. The summed E-state index contributed by atoms with van der Waals surface area (Å²) in [5, 5.41) is 18.0. The van der Waals surface area contributed by atoms with Crippen LogP contribution in [0, 0.1) is 57.2 Å². The van der Waals surface area contributed by atoms with Crippen LogP contribution in [0.15, 0.2) is 23.3 Å². The predicted octanol–water partition coefficient (Wildman–Crippen LogP) is 8.88. The molecule has 4 fully saturated rings. The summed E-state index contributed by atoms with van der Waals surface area (Å²) in [6.07, 6.45) is 17.3. The van der Waals surface area contributed by atoms with E-state index in [1.54, 1.807) is 0 Å². The molecule has 2 saturated heterocycles. The monoisotopic (exact) mass is 798 g/mol. The van der Waals surface area contributed by atoms with Gasteiger partial charge < -0.3 is 33.9 Å². The van der Waals surface area contributed by atoms with Gasteiger partial charge in [-0.3, -0.25) is 19.2 Å². The molecule has 12 atom stereocenters. The molecule has 0 unspecified atom stereocenters. The van der Waals surface area contributed by atoms with E-state index in [4.69, 9.17) is 33.9 Å². The van der Waals surface area contributed by atoms with E-state index in [2.05, 4.69) is 53.7 Å². The number of fused-ring (bicyclic) bond motifs is 2. The Morgan fingerprint density at radius 2 is 1.07 bits per heavy atom. The largest absolute Gasteiger partial charge is 0.481 e. The number of ether oxygens (including phenoxy) is 5. The summed E-state index contributed by atoms with van der Waals surface area (Å²) < 4.78 is 29.9. The number of carbonyl (C=O) groups is 4. The van der Waals surface area contributed by atoms with E-state index in [0.29, 0.717) is 48.7 Å². The predicted molar refractivity (Wildman–Crippen MR) is 213 cm³/mol. The van der Waals surface area contributed by atoms with Crippen LogP contribution in [0.4, 0.5) is 0 Å². The molecule has 11 heteroatoms. The Kier molecular flexibility index (Phi) is 13.7. The van der Waals surface area contributed by atoms with Crippen molar-refractivity contribution in [2.75, 3.05) is 26.4 Å². The number of aliphatic carboxylic acids is 2. The lowest BCUT2D eigenvalue weighted by atomic mass is 9.46.